The Morgan fingerprint density at radius 2 is 1.91 bits per heavy atom. The minimum atomic E-state index is -0.423. The fraction of sp³-hybridized carbons (Fsp3) is 0.217. The molecule has 0 aliphatic carbocycles. The Morgan fingerprint density at radius 3 is 2.59 bits per heavy atom. The van der Waals surface area contributed by atoms with E-state index in [4.69, 9.17) is 0 Å². The molecular formula is C23H22FN5O3. The van der Waals surface area contributed by atoms with Gasteiger partial charge in [-0.3, -0.25) is 14.5 Å². The molecule has 2 aromatic carbocycles. The van der Waals surface area contributed by atoms with Crippen LogP contribution < -0.4 is 10.6 Å². The summed E-state index contributed by atoms with van der Waals surface area (Å²) in [6.45, 7) is 3.83. The molecule has 1 aromatic heterocycles. The Bertz CT molecular complexity index is 1190. The molecule has 1 fully saturated rings. The number of aryl methyl sites for hydroxylation is 1. The van der Waals surface area contributed by atoms with Crippen LogP contribution >= 0.6 is 0 Å². The number of halogens is 1. The number of anilines is 1. The van der Waals surface area contributed by atoms with E-state index in [9.17, 15) is 18.8 Å². The number of urea groups is 1. The third-order valence-corrected chi connectivity index (χ3v) is 5.34. The van der Waals surface area contributed by atoms with Gasteiger partial charge >= 0.3 is 6.03 Å². The number of imide groups is 1. The van der Waals surface area contributed by atoms with Gasteiger partial charge in [-0.05, 0) is 55.8 Å². The number of nitrogens with zero attached hydrogens (tertiary/aromatic N) is 3. The summed E-state index contributed by atoms with van der Waals surface area (Å²) in [5.41, 5.74) is 4.32. The van der Waals surface area contributed by atoms with Gasteiger partial charge in [0.25, 0.3) is 0 Å². The van der Waals surface area contributed by atoms with Crippen molar-refractivity contribution in [3.8, 4) is 5.69 Å². The van der Waals surface area contributed by atoms with Gasteiger partial charge < -0.3 is 10.6 Å². The minimum Gasteiger partial charge on any atom is -0.329 e. The second kappa shape index (κ2) is 8.62. The molecule has 9 heteroatoms. The van der Waals surface area contributed by atoms with Gasteiger partial charge in [0.05, 0.1) is 30.9 Å². The van der Waals surface area contributed by atoms with Gasteiger partial charge in [0.2, 0.25) is 11.8 Å². The van der Waals surface area contributed by atoms with Gasteiger partial charge in [-0.1, -0.05) is 12.1 Å². The molecule has 164 valence electrons. The fourth-order valence-corrected chi connectivity index (χ4v) is 3.68. The zero-order valence-electron chi connectivity index (χ0n) is 17.7. The second-order valence-corrected chi connectivity index (χ2v) is 7.60. The zero-order chi connectivity index (χ0) is 22.8. The number of benzene rings is 2. The first-order valence-corrected chi connectivity index (χ1v) is 10.1. The molecule has 0 spiro atoms. The van der Waals surface area contributed by atoms with Crippen LogP contribution in [0.15, 0.2) is 48.5 Å². The molecule has 1 aliphatic rings. The molecule has 1 saturated heterocycles. The van der Waals surface area contributed by atoms with E-state index in [2.05, 4.69) is 15.7 Å². The highest BCUT2D eigenvalue weighted by molar-refractivity contribution is 6.01. The Balaban J connectivity index is 1.46. The van der Waals surface area contributed by atoms with Crippen LogP contribution in [-0.2, 0) is 22.6 Å². The van der Waals surface area contributed by atoms with Crippen LogP contribution in [0.3, 0.4) is 0 Å². The van der Waals surface area contributed by atoms with Crippen LogP contribution in [0, 0.1) is 19.7 Å². The number of carbonyl (C=O) groups is 3. The van der Waals surface area contributed by atoms with Crippen LogP contribution in [0.1, 0.15) is 22.5 Å². The van der Waals surface area contributed by atoms with E-state index >= 15 is 0 Å². The zero-order valence-corrected chi connectivity index (χ0v) is 17.7. The molecule has 0 atom stereocenters. The molecule has 0 bridgehead atoms. The topological polar surface area (TPSA) is 96.3 Å². The lowest BCUT2D eigenvalue weighted by Gasteiger charge is -2.13. The Hall–Kier alpha value is -4.01. The highest BCUT2D eigenvalue weighted by atomic mass is 19.1. The van der Waals surface area contributed by atoms with Crippen LogP contribution in [0.5, 0.6) is 0 Å². The van der Waals surface area contributed by atoms with E-state index in [1.807, 2.05) is 13.8 Å². The van der Waals surface area contributed by atoms with Gasteiger partial charge in [-0.25, -0.2) is 13.9 Å². The fourth-order valence-electron chi connectivity index (χ4n) is 3.68. The molecule has 2 N–H and O–H groups in total. The molecule has 4 amide bonds. The van der Waals surface area contributed by atoms with Crippen LogP contribution in [0.2, 0.25) is 0 Å². The summed E-state index contributed by atoms with van der Waals surface area (Å²) in [7, 11) is 0. The van der Waals surface area contributed by atoms with Crippen LogP contribution in [0.4, 0.5) is 14.9 Å². The van der Waals surface area contributed by atoms with Crippen molar-refractivity contribution in [2.45, 2.75) is 26.8 Å². The smallest absolute Gasteiger partial charge is 0.324 e. The summed E-state index contributed by atoms with van der Waals surface area (Å²) in [5, 5.41) is 9.84. The molecule has 8 nitrogen and oxygen atoms in total. The molecule has 0 radical (unpaired) electrons. The third-order valence-electron chi connectivity index (χ3n) is 5.34. The quantitative estimate of drug-likeness (QED) is 0.582. The summed E-state index contributed by atoms with van der Waals surface area (Å²) < 4.78 is 14.9. The number of aromatic nitrogens is 2. The molecule has 32 heavy (non-hydrogen) atoms. The molecular weight excluding hydrogens is 413 g/mol. The number of hydrogen-bond donors (Lipinski definition) is 2. The van der Waals surface area contributed by atoms with Gasteiger partial charge in [-0.15, -0.1) is 0 Å². The molecule has 2 heterocycles. The van der Waals surface area contributed by atoms with Crippen molar-refractivity contribution in [2.24, 2.45) is 0 Å². The van der Waals surface area contributed by atoms with Crippen molar-refractivity contribution in [2.75, 3.05) is 11.9 Å². The average Bonchev–Trinajstić information content (AvgIpc) is 3.22. The lowest BCUT2D eigenvalue weighted by molar-refractivity contribution is -0.125. The summed E-state index contributed by atoms with van der Waals surface area (Å²) in [5.74, 6) is -0.831. The normalized spacial score (nSPS) is 13.4. The van der Waals surface area contributed by atoms with Gasteiger partial charge in [0.15, 0.2) is 0 Å². The lowest BCUT2D eigenvalue weighted by atomic mass is 10.1. The van der Waals surface area contributed by atoms with E-state index < -0.39 is 6.03 Å². The summed E-state index contributed by atoms with van der Waals surface area (Å²) in [4.78, 5) is 37.4. The molecule has 0 saturated carbocycles. The second-order valence-electron chi connectivity index (χ2n) is 7.60. The van der Waals surface area contributed by atoms with Gasteiger partial charge in [0, 0.05) is 16.9 Å². The monoisotopic (exact) mass is 435 g/mol. The van der Waals surface area contributed by atoms with Crippen molar-refractivity contribution in [1.82, 2.24) is 20.0 Å². The van der Waals surface area contributed by atoms with E-state index in [-0.39, 0.29) is 37.1 Å². The van der Waals surface area contributed by atoms with Crippen molar-refractivity contribution in [1.29, 1.82) is 0 Å². The Kier molecular flexibility index (Phi) is 5.72. The molecule has 3 aromatic rings. The predicted octanol–water partition coefficient (Wildman–Crippen LogP) is 2.86. The van der Waals surface area contributed by atoms with E-state index in [1.165, 1.54) is 12.1 Å². The van der Waals surface area contributed by atoms with Crippen LogP contribution in [0.25, 0.3) is 5.69 Å². The first kappa shape index (κ1) is 21.2. The third kappa shape index (κ3) is 4.36. The highest BCUT2D eigenvalue weighted by Crippen LogP contribution is 2.20. The number of rotatable bonds is 6. The standard InChI is InChI=1S/C23H22FN5O3/c1-14-20(15(2)29(27-14)19-8-6-17(24)7-9-19)11-21(30)26-18-5-3-4-16(10-18)13-28-22(31)12-25-23(28)32/h3-10H,11-13H2,1-2H3,(H,25,32)(H,26,30). The van der Waals surface area contributed by atoms with E-state index in [0.717, 1.165) is 21.7 Å². The maximum atomic E-state index is 13.2. The van der Waals surface area contributed by atoms with Crippen molar-refractivity contribution < 1.29 is 18.8 Å². The van der Waals surface area contributed by atoms with E-state index in [0.29, 0.717) is 17.1 Å². The van der Waals surface area contributed by atoms with Gasteiger partial charge in [0.1, 0.15) is 5.82 Å². The molecule has 0 unspecified atom stereocenters. The van der Waals surface area contributed by atoms with Crippen molar-refractivity contribution >= 4 is 23.5 Å². The summed E-state index contributed by atoms with van der Waals surface area (Å²) in [6.07, 6.45) is 0.121. The first-order valence-electron chi connectivity index (χ1n) is 10.1. The summed E-state index contributed by atoms with van der Waals surface area (Å²) in [6, 6.07) is 12.6. The Labute approximate surface area is 184 Å². The number of nitrogens with one attached hydrogen (secondary N) is 2. The van der Waals surface area contributed by atoms with Crippen molar-refractivity contribution in [3.63, 3.8) is 0 Å². The van der Waals surface area contributed by atoms with Gasteiger partial charge in [-0.2, -0.15) is 5.10 Å². The number of hydrogen-bond acceptors (Lipinski definition) is 4. The largest absolute Gasteiger partial charge is 0.329 e. The molecule has 4 rings (SSSR count). The predicted molar refractivity (Wildman–Crippen MR) is 116 cm³/mol. The van der Waals surface area contributed by atoms with Crippen molar-refractivity contribution in [3.05, 3.63) is 76.9 Å². The Morgan fingerprint density at radius 1 is 1.16 bits per heavy atom. The maximum absolute atomic E-state index is 13.2. The number of carbonyl (C=O) groups excluding carboxylic acids is 3. The van der Waals surface area contributed by atoms with E-state index in [1.54, 1.807) is 41.1 Å². The summed E-state index contributed by atoms with van der Waals surface area (Å²) >= 11 is 0. The maximum Gasteiger partial charge on any atom is 0.324 e. The lowest BCUT2D eigenvalue weighted by Crippen LogP contribution is -2.30. The first-order chi connectivity index (χ1) is 15.3. The SMILES string of the molecule is Cc1nn(-c2ccc(F)cc2)c(C)c1CC(=O)Nc1cccc(CN2C(=O)CNC2=O)c1. The molecule has 1 aliphatic heterocycles. The number of amides is 4. The van der Waals surface area contributed by atoms with Crippen LogP contribution in [-0.4, -0.2) is 39.1 Å². The minimum absolute atomic E-state index is 0.000430. The highest BCUT2D eigenvalue weighted by Gasteiger charge is 2.28. The average molecular weight is 435 g/mol.